The molecule has 0 aliphatic rings. The molecule has 23 heavy (non-hydrogen) atoms. The second-order valence-electron chi connectivity index (χ2n) is 5.68. The van der Waals surface area contributed by atoms with Gasteiger partial charge in [0.15, 0.2) is 0 Å². The lowest BCUT2D eigenvalue weighted by atomic mass is 10.0. The number of nitro groups is 1. The summed E-state index contributed by atoms with van der Waals surface area (Å²) in [6, 6.07) is 4.43. The zero-order valence-electron chi connectivity index (χ0n) is 13.9. The first-order valence-corrected chi connectivity index (χ1v) is 7.38. The second-order valence-corrected chi connectivity index (χ2v) is 5.68. The predicted molar refractivity (Wildman–Crippen MR) is 85.2 cm³/mol. The molecule has 0 aliphatic carbocycles. The maximum Gasteiger partial charge on any atom is 0.307 e. The van der Waals surface area contributed by atoms with Gasteiger partial charge < -0.3 is 9.64 Å². The Morgan fingerprint density at radius 1 is 1.35 bits per heavy atom. The highest BCUT2D eigenvalue weighted by molar-refractivity contribution is 5.96. The van der Waals surface area contributed by atoms with Crippen molar-refractivity contribution in [1.82, 2.24) is 4.90 Å². The number of benzene rings is 1. The molecule has 1 aromatic carbocycles. The van der Waals surface area contributed by atoms with E-state index in [1.807, 2.05) is 13.8 Å². The van der Waals surface area contributed by atoms with Gasteiger partial charge >= 0.3 is 5.97 Å². The van der Waals surface area contributed by atoms with E-state index in [0.717, 1.165) is 0 Å². The van der Waals surface area contributed by atoms with Crippen LogP contribution in [0.1, 0.15) is 36.2 Å². The molecule has 0 N–H and O–H groups in total. The summed E-state index contributed by atoms with van der Waals surface area (Å²) in [6.07, 6.45) is 0.0862. The van der Waals surface area contributed by atoms with Gasteiger partial charge in [0, 0.05) is 30.3 Å². The van der Waals surface area contributed by atoms with Gasteiger partial charge in [-0.25, -0.2) is 0 Å². The molecular formula is C16H22N2O5. The van der Waals surface area contributed by atoms with Gasteiger partial charge in [-0.15, -0.1) is 0 Å². The molecule has 0 spiro atoms. The van der Waals surface area contributed by atoms with Crippen molar-refractivity contribution in [1.29, 1.82) is 0 Å². The van der Waals surface area contributed by atoms with E-state index in [-0.39, 0.29) is 36.0 Å². The van der Waals surface area contributed by atoms with E-state index in [9.17, 15) is 19.7 Å². The highest BCUT2D eigenvalue weighted by Crippen LogP contribution is 2.22. The molecule has 126 valence electrons. The van der Waals surface area contributed by atoms with Gasteiger partial charge in [0.25, 0.3) is 11.6 Å². The topological polar surface area (TPSA) is 89.8 Å². The molecule has 0 saturated heterocycles. The fourth-order valence-corrected chi connectivity index (χ4v) is 2.27. The normalized spacial score (nSPS) is 10.5. The van der Waals surface area contributed by atoms with Gasteiger partial charge in [0.1, 0.15) is 0 Å². The first-order chi connectivity index (χ1) is 10.8. The van der Waals surface area contributed by atoms with Crippen molar-refractivity contribution >= 4 is 17.6 Å². The lowest BCUT2D eigenvalue weighted by Gasteiger charge is -2.25. The number of nitrogens with zero attached hydrogens (tertiary/aromatic N) is 2. The summed E-state index contributed by atoms with van der Waals surface area (Å²) in [5, 5.41) is 11.0. The van der Waals surface area contributed by atoms with Crippen LogP contribution in [0.15, 0.2) is 18.2 Å². The second kappa shape index (κ2) is 8.26. The molecule has 0 saturated carbocycles. The number of amides is 1. The Morgan fingerprint density at radius 2 is 2.00 bits per heavy atom. The van der Waals surface area contributed by atoms with Crippen LogP contribution < -0.4 is 0 Å². The maximum absolute atomic E-state index is 12.7. The number of rotatable bonds is 7. The maximum atomic E-state index is 12.7. The number of esters is 1. The largest absolute Gasteiger partial charge is 0.469 e. The number of methoxy groups -OCH3 is 1. The summed E-state index contributed by atoms with van der Waals surface area (Å²) >= 11 is 0. The summed E-state index contributed by atoms with van der Waals surface area (Å²) in [6.45, 7) is 6.14. The fraction of sp³-hybridized carbons (Fsp3) is 0.500. The molecule has 7 nitrogen and oxygen atoms in total. The Hall–Kier alpha value is -2.44. The molecule has 0 bridgehead atoms. The van der Waals surface area contributed by atoms with Crippen LogP contribution >= 0.6 is 0 Å². The molecule has 0 heterocycles. The highest BCUT2D eigenvalue weighted by atomic mass is 16.6. The Bertz CT molecular complexity index is 598. The van der Waals surface area contributed by atoms with Gasteiger partial charge in [-0.05, 0) is 18.9 Å². The lowest BCUT2D eigenvalue weighted by molar-refractivity contribution is -0.385. The number of hydrogen-bond donors (Lipinski definition) is 0. The van der Waals surface area contributed by atoms with Crippen LogP contribution in [-0.4, -0.2) is 41.9 Å². The van der Waals surface area contributed by atoms with E-state index < -0.39 is 10.9 Å². The Kier molecular flexibility index (Phi) is 6.68. The average Bonchev–Trinajstić information content (AvgIpc) is 2.49. The molecule has 0 radical (unpaired) electrons. The van der Waals surface area contributed by atoms with Crippen molar-refractivity contribution in [2.24, 2.45) is 5.92 Å². The first kappa shape index (κ1) is 18.6. The summed E-state index contributed by atoms with van der Waals surface area (Å²) in [4.78, 5) is 36.1. The molecule has 0 aliphatic heterocycles. The van der Waals surface area contributed by atoms with E-state index in [4.69, 9.17) is 0 Å². The Labute approximate surface area is 135 Å². The third kappa shape index (κ3) is 5.05. The van der Waals surface area contributed by atoms with E-state index in [2.05, 4.69) is 4.74 Å². The molecule has 1 aromatic rings. The fourth-order valence-electron chi connectivity index (χ4n) is 2.27. The molecule has 7 heteroatoms. The molecule has 0 atom stereocenters. The van der Waals surface area contributed by atoms with Gasteiger partial charge in [-0.1, -0.05) is 19.9 Å². The first-order valence-electron chi connectivity index (χ1n) is 7.38. The van der Waals surface area contributed by atoms with Crippen LogP contribution in [0.25, 0.3) is 0 Å². The SMILES string of the molecule is COC(=O)CCN(CC(C)C)C(=O)c1cccc([N+](=O)[O-])c1C. The van der Waals surface area contributed by atoms with Crippen molar-refractivity contribution in [2.75, 3.05) is 20.2 Å². The van der Waals surface area contributed by atoms with Gasteiger partial charge in [0.05, 0.1) is 18.5 Å². The zero-order chi connectivity index (χ0) is 17.6. The van der Waals surface area contributed by atoms with Gasteiger partial charge in [-0.3, -0.25) is 19.7 Å². The number of hydrogen-bond acceptors (Lipinski definition) is 5. The third-order valence-electron chi connectivity index (χ3n) is 3.42. The van der Waals surface area contributed by atoms with Crippen LogP contribution in [-0.2, 0) is 9.53 Å². The summed E-state index contributed by atoms with van der Waals surface area (Å²) in [5.41, 5.74) is 0.521. The monoisotopic (exact) mass is 322 g/mol. The van der Waals surface area contributed by atoms with E-state index in [1.54, 1.807) is 13.0 Å². The van der Waals surface area contributed by atoms with Gasteiger partial charge in [0.2, 0.25) is 0 Å². The zero-order valence-corrected chi connectivity index (χ0v) is 13.9. The predicted octanol–water partition coefficient (Wildman–Crippen LogP) is 2.56. The molecule has 1 rings (SSSR count). The highest BCUT2D eigenvalue weighted by Gasteiger charge is 2.23. The van der Waals surface area contributed by atoms with Crippen LogP contribution in [0, 0.1) is 23.0 Å². The van der Waals surface area contributed by atoms with Crippen LogP contribution in [0.3, 0.4) is 0 Å². The van der Waals surface area contributed by atoms with Crippen molar-refractivity contribution in [3.05, 3.63) is 39.4 Å². The standard InChI is InChI=1S/C16H22N2O5/c1-11(2)10-17(9-8-15(19)23-4)16(20)13-6-5-7-14(12(13)3)18(21)22/h5-7,11H,8-10H2,1-4H3. The molecule has 1 amide bonds. The summed E-state index contributed by atoms with van der Waals surface area (Å²) in [5.74, 6) is -0.512. The van der Waals surface area contributed by atoms with Crippen molar-refractivity contribution in [3.63, 3.8) is 0 Å². The summed E-state index contributed by atoms with van der Waals surface area (Å²) < 4.78 is 4.60. The summed E-state index contributed by atoms with van der Waals surface area (Å²) in [7, 11) is 1.29. The van der Waals surface area contributed by atoms with E-state index >= 15 is 0 Å². The molecule has 0 unspecified atom stereocenters. The number of carbonyl (C=O) groups is 2. The van der Waals surface area contributed by atoms with Crippen LogP contribution in [0.4, 0.5) is 5.69 Å². The number of carbonyl (C=O) groups excluding carboxylic acids is 2. The lowest BCUT2D eigenvalue weighted by Crippen LogP contribution is -2.36. The van der Waals surface area contributed by atoms with Crippen molar-refractivity contribution < 1.29 is 19.2 Å². The van der Waals surface area contributed by atoms with Gasteiger partial charge in [-0.2, -0.15) is 0 Å². The number of nitro benzene ring substituents is 1. The average molecular weight is 322 g/mol. The minimum atomic E-state index is -0.507. The minimum absolute atomic E-state index is 0.0862. The Morgan fingerprint density at radius 3 is 2.52 bits per heavy atom. The third-order valence-corrected chi connectivity index (χ3v) is 3.42. The number of ether oxygens (including phenoxy) is 1. The minimum Gasteiger partial charge on any atom is -0.469 e. The Balaban J connectivity index is 3.06. The van der Waals surface area contributed by atoms with Crippen molar-refractivity contribution in [2.45, 2.75) is 27.2 Å². The molecule has 0 aromatic heterocycles. The van der Waals surface area contributed by atoms with E-state index in [0.29, 0.717) is 12.1 Å². The van der Waals surface area contributed by atoms with Crippen molar-refractivity contribution in [3.8, 4) is 0 Å². The van der Waals surface area contributed by atoms with Crippen LogP contribution in [0.5, 0.6) is 0 Å². The molecule has 0 fully saturated rings. The van der Waals surface area contributed by atoms with Crippen LogP contribution in [0.2, 0.25) is 0 Å². The smallest absolute Gasteiger partial charge is 0.307 e. The molecular weight excluding hydrogens is 300 g/mol. The quantitative estimate of drug-likeness (QED) is 0.437. The van der Waals surface area contributed by atoms with E-state index in [1.165, 1.54) is 24.1 Å².